The number of likely N-dealkylation sites (tertiary alicyclic amines) is 1. The van der Waals surface area contributed by atoms with Gasteiger partial charge in [-0.25, -0.2) is 0 Å². The van der Waals surface area contributed by atoms with Gasteiger partial charge in [0.25, 0.3) is 0 Å². The molecule has 2 aliphatic rings. The van der Waals surface area contributed by atoms with Crippen molar-refractivity contribution >= 4 is 11.9 Å². The van der Waals surface area contributed by atoms with Gasteiger partial charge in [-0.05, 0) is 50.6 Å². The second-order valence-electron chi connectivity index (χ2n) is 7.12. The molecule has 2 unspecified atom stereocenters. The van der Waals surface area contributed by atoms with Gasteiger partial charge in [-0.15, -0.1) is 0 Å². The number of nitrogens with one attached hydrogen (secondary N) is 1. The largest absolute Gasteiger partial charge is 0.481 e. The summed E-state index contributed by atoms with van der Waals surface area (Å²) in [6, 6.07) is 0. The summed E-state index contributed by atoms with van der Waals surface area (Å²) in [6.45, 7) is 7.44. The maximum absolute atomic E-state index is 12.9. The average Bonchev–Trinajstić information content (AvgIpc) is 2.47. The van der Waals surface area contributed by atoms with Gasteiger partial charge in [-0.1, -0.05) is 13.8 Å². The Morgan fingerprint density at radius 1 is 1.29 bits per heavy atom. The van der Waals surface area contributed by atoms with Crippen molar-refractivity contribution in [1.82, 2.24) is 10.2 Å². The van der Waals surface area contributed by atoms with Gasteiger partial charge in [0.05, 0.1) is 0 Å². The number of aliphatic carboxylic acids is 1. The smallest absolute Gasteiger partial charge is 0.303 e. The van der Waals surface area contributed by atoms with Crippen LogP contribution in [0.1, 0.15) is 46.0 Å². The molecule has 0 aromatic rings. The number of carbonyl (C=O) groups is 2. The maximum atomic E-state index is 12.9. The minimum absolute atomic E-state index is 0.112. The van der Waals surface area contributed by atoms with Gasteiger partial charge in [0.15, 0.2) is 0 Å². The van der Waals surface area contributed by atoms with Crippen molar-refractivity contribution in [3.05, 3.63) is 0 Å². The molecule has 2 N–H and O–H groups in total. The van der Waals surface area contributed by atoms with Crippen molar-refractivity contribution in [2.75, 3.05) is 26.2 Å². The Labute approximate surface area is 127 Å². The first-order chi connectivity index (χ1) is 9.91. The van der Waals surface area contributed by atoms with Gasteiger partial charge < -0.3 is 15.3 Å². The van der Waals surface area contributed by atoms with Crippen molar-refractivity contribution in [3.8, 4) is 0 Å². The zero-order valence-electron chi connectivity index (χ0n) is 13.2. The molecular weight excluding hydrogens is 268 g/mol. The number of amides is 1. The van der Waals surface area contributed by atoms with Crippen LogP contribution < -0.4 is 5.32 Å². The van der Waals surface area contributed by atoms with E-state index < -0.39 is 5.97 Å². The SMILES string of the molecule is CC(C)(C(=O)N1CCCC(CC(=O)O)C1)C1CCCNC1. The first-order valence-electron chi connectivity index (χ1n) is 8.13. The molecule has 0 aromatic heterocycles. The summed E-state index contributed by atoms with van der Waals surface area (Å²) in [5.74, 6) is -0.0737. The molecule has 0 aromatic carbocycles. The highest BCUT2D eigenvalue weighted by molar-refractivity contribution is 5.82. The first kappa shape index (κ1) is 16.3. The van der Waals surface area contributed by atoms with Gasteiger partial charge in [-0.3, -0.25) is 9.59 Å². The third-order valence-corrected chi connectivity index (χ3v) is 5.14. The monoisotopic (exact) mass is 296 g/mol. The maximum Gasteiger partial charge on any atom is 0.303 e. The van der Waals surface area contributed by atoms with E-state index in [4.69, 9.17) is 5.11 Å². The number of carboxylic acids is 1. The topological polar surface area (TPSA) is 69.6 Å². The average molecular weight is 296 g/mol. The van der Waals surface area contributed by atoms with Crippen LogP contribution in [-0.4, -0.2) is 48.1 Å². The Kier molecular flexibility index (Phi) is 5.25. The lowest BCUT2D eigenvalue weighted by atomic mass is 9.73. The van der Waals surface area contributed by atoms with E-state index in [2.05, 4.69) is 5.32 Å². The Hall–Kier alpha value is -1.10. The highest BCUT2D eigenvalue weighted by Crippen LogP contribution is 2.35. The Morgan fingerprint density at radius 2 is 2.05 bits per heavy atom. The summed E-state index contributed by atoms with van der Waals surface area (Å²) < 4.78 is 0. The molecule has 5 nitrogen and oxygen atoms in total. The second kappa shape index (κ2) is 6.77. The number of hydrogen-bond acceptors (Lipinski definition) is 3. The summed E-state index contributed by atoms with van der Waals surface area (Å²) in [5, 5.41) is 12.3. The normalized spacial score (nSPS) is 27.4. The number of carboxylic acid groups (broad SMARTS) is 1. The summed E-state index contributed by atoms with van der Waals surface area (Å²) >= 11 is 0. The number of nitrogens with zero attached hydrogens (tertiary/aromatic N) is 1. The molecule has 0 radical (unpaired) electrons. The first-order valence-corrected chi connectivity index (χ1v) is 8.13. The summed E-state index contributed by atoms with van der Waals surface area (Å²) in [6.07, 6.45) is 4.24. The molecule has 2 rings (SSSR count). The van der Waals surface area contributed by atoms with Crippen molar-refractivity contribution in [2.24, 2.45) is 17.3 Å². The van der Waals surface area contributed by atoms with Crippen LogP contribution in [-0.2, 0) is 9.59 Å². The van der Waals surface area contributed by atoms with E-state index in [0.29, 0.717) is 12.5 Å². The number of carbonyl (C=O) groups excluding carboxylic acids is 1. The predicted molar refractivity (Wildman–Crippen MR) is 80.9 cm³/mol. The molecule has 0 aliphatic carbocycles. The highest BCUT2D eigenvalue weighted by Gasteiger charge is 2.41. The number of hydrogen-bond donors (Lipinski definition) is 2. The van der Waals surface area contributed by atoms with Crippen molar-refractivity contribution < 1.29 is 14.7 Å². The van der Waals surface area contributed by atoms with Crippen LogP contribution in [0.25, 0.3) is 0 Å². The van der Waals surface area contributed by atoms with Crippen LogP contribution in [0.2, 0.25) is 0 Å². The Morgan fingerprint density at radius 3 is 2.67 bits per heavy atom. The minimum Gasteiger partial charge on any atom is -0.481 e. The molecule has 120 valence electrons. The minimum atomic E-state index is -0.759. The second-order valence-corrected chi connectivity index (χ2v) is 7.12. The molecule has 2 heterocycles. The van der Waals surface area contributed by atoms with E-state index in [1.807, 2.05) is 18.7 Å². The van der Waals surface area contributed by atoms with E-state index in [1.54, 1.807) is 0 Å². The quantitative estimate of drug-likeness (QED) is 0.829. The van der Waals surface area contributed by atoms with Crippen LogP contribution in [0.4, 0.5) is 0 Å². The Balaban J connectivity index is 1.98. The molecule has 0 spiro atoms. The standard InChI is InChI=1S/C16H28N2O3/c1-16(2,13-6-3-7-17-10-13)15(21)18-8-4-5-12(11-18)9-14(19)20/h12-13,17H,3-11H2,1-2H3,(H,19,20). The number of rotatable bonds is 4. The molecule has 2 atom stereocenters. The predicted octanol–water partition coefficient (Wildman–Crippen LogP) is 1.73. The molecule has 21 heavy (non-hydrogen) atoms. The van der Waals surface area contributed by atoms with Crippen LogP contribution in [0.15, 0.2) is 0 Å². The van der Waals surface area contributed by atoms with E-state index in [1.165, 1.54) is 0 Å². The molecular formula is C16H28N2O3. The van der Waals surface area contributed by atoms with E-state index in [9.17, 15) is 9.59 Å². The zero-order chi connectivity index (χ0) is 15.5. The van der Waals surface area contributed by atoms with Gasteiger partial charge in [0.1, 0.15) is 0 Å². The lowest BCUT2D eigenvalue weighted by Gasteiger charge is -2.42. The lowest BCUT2D eigenvalue weighted by molar-refractivity contribution is -0.147. The molecule has 2 aliphatic heterocycles. The van der Waals surface area contributed by atoms with Gasteiger partial charge in [0, 0.05) is 24.9 Å². The molecule has 0 saturated carbocycles. The third kappa shape index (κ3) is 3.96. The highest BCUT2D eigenvalue weighted by atomic mass is 16.4. The molecule has 5 heteroatoms. The molecule has 2 saturated heterocycles. The van der Waals surface area contributed by atoms with E-state index in [-0.39, 0.29) is 23.7 Å². The third-order valence-electron chi connectivity index (χ3n) is 5.14. The molecule has 1 amide bonds. The van der Waals surface area contributed by atoms with Crippen LogP contribution in [0.5, 0.6) is 0 Å². The van der Waals surface area contributed by atoms with Gasteiger partial charge in [-0.2, -0.15) is 0 Å². The summed E-state index contributed by atoms with van der Waals surface area (Å²) in [5.41, 5.74) is -0.363. The van der Waals surface area contributed by atoms with Crippen molar-refractivity contribution in [2.45, 2.75) is 46.0 Å². The molecule has 2 fully saturated rings. The van der Waals surface area contributed by atoms with E-state index >= 15 is 0 Å². The number of piperidine rings is 2. The fourth-order valence-corrected chi connectivity index (χ4v) is 3.71. The van der Waals surface area contributed by atoms with Crippen LogP contribution in [0, 0.1) is 17.3 Å². The van der Waals surface area contributed by atoms with E-state index in [0.717, 1.165) is 45.3 Å². The fraction of sp³-hybridized carbons (Fsp3) is 0.875. The zero-order valence-corrected chi connectivity index (χ0v) is 13.2. The van der Waals surface area contributed by atoms with Crippen molar-refractivity contribution in [3.63, 3.8) is 0 Å². The van der Waals surface area contributed by atoms with Crippen LogP contribution >= 0.6 is 0 Å². The van der Waals surface area contributed by atoms with Gasteiger partial charge in [0.2, 0.25) is 5.91 Å². The van der Waals surface area contributed by atoms with Crippen molar-refractivity contribution in [1.29, 1.82) is 0 Å². The fourth-order valence-electron chi connectivity index (χ4n) is 3.71. The summed E-state index contributed by atoms with van der Waals surface area (Å²) in [7, 11) is 0. The Bertz CT molecular complexity index is 389. The summed E-state index contributed by atoms with van der Waals surface area (Å²) in [4.78, 5) is 25.7. The van der Waals surface area contributed by atoms with Gasteiger partial charge >= 0.3 is 5.97 Å². The van der Waals surface area contributed by atoms with Crippen LogP contribution in [0.3, 0.4) is 0 Å². The lowest BCUT2D eigenvalue weighted by Crippen LogP contribution is -2.51. The molecule has 0 bridgehead atoms.